The lowest BCUT2D eigenvalue weighted by atomic mass is 10.4. The monoisotopic (exact) mass is 257 g/mol. The largest absolute Gasteiger partial charge is 0.345 e. The van der Waals surface area contributed by atoms with Gasteiger partial charge >= 0.3 is 0 Å². The molecule has 2 heterocycles. The van der Waals surface area contributed by atoms with Crippen molar-refractivity contribution < 1.29 is 5.32 Å². The lowest BCUT2D eigenvalue weighted by Gasteiger charge is -2.17. The molecule has 1 aromatic rings. The maximum atomic E-state index is 4.30. The van der Waals surface area contributed by atoms with Crippen molar-refractivity contribution in [2.45, 2.75) is 6.42 Å². The molecule has 0 spiro atoms. The van der Waals surface area contributed by atoms with Gasteiger partial charge in [0.25, 0.3) is 0 Å². The molecular weight excluding hydrogens is 244 g/mol. The molecule has 0 amide bonds. The van der Waals surface area contributed by atoms with E-state index < -0.39 is 0 Å². The SMILES string of the molecule is Brc1cnc(N2CCC[NH2+]CC2)nc1. The minimum Gasteiger partial charge on any atom is -0.345 e. The Labute approximate surface area is 91.9 Å². The van der Waals surface area contributed by atoms with Gasteiger partial charge in [-0.25, -0.2) is 9.97 Å². The smallest absolute Gasteiger partial charge is 0.225 e. The fraction of sp³-hybridized carbons (Fsp3) is 0.556. The van der Waals surface area contributed by atoms with E-state index in [0.717, 1.165) is 30.1 Å². The van der Waals surface area contributed by atoms with Gasteiger partial charge in [-0.2, -0.15) is 0 Å². The number of anilines is 1. The Morgan fingerprint density at radius 3 is 2.79 bits per heavy atom. The first-order valence-corrected chi connectivity index (χ1v) is 5.70. The Kier molecular flexibility index (Phi) is 3.31. The van der Waals surface area contributed by atoms with Crippen LogP contribution in [0.25, 0.3) is 0 Å². The van der Waals surface area contributed by atoms with Gasteiger partial charge in [0.15, 0.2) is 0 Å². The number of nitrogens with zero attached hydrogens (tertiary/aromatic N) is 3. The first-order valence-electron chi connectivity index (χ1n) is 4.90. The molecule has 2 N–H and O–H groups in total. The highest BCUT2D eigenvalue weighted by Crippen LogP contribution is 2.10. The van der Waals surface area contributed by atoms with Gasteiger partial charge in [0.1, 0.15) is 0 Å². The fourth-order valence-corrected chi connectivity index (χ4v) is 1.80. The average molecular weight is 258 g/mol. The molecule has 1 aromatic heterocycles. The first kappa shape index (κ1) is 9.86. The summed E-state index contributed by atoms with van der Waals surface area (Å²) in [5, 5.41) is 2.35. The van der Waals surface area contributed by atoms with Gasteiger partial charge in [0, 0.05) is 25.4 Å². The molecule has 76 valence electrons. The maximum absolute atomic E-state index is 4.30. The number of halogens is 1. The van der Waals surface area contributed by atoms with E-state index in [-0.39, 0.29) is 0 Å². The molecule has 0 aliphatic carbocycles. The summed E-state index contributed by atoms with van der Waals surface area (Å²) in [5.41, 5.74) is 0. The topological polar surface area (TPSA) is 45.6 Å². The van der Waals surface area contributed by atoms with Gasteiger partial charge in [0.05, 0.1) is 24.1 Å². The number of hydrogen-bond donors (Lipinski definition) is 1. The van der Waals surface area contributed by atoms with Gasteiger partial charge in [-0.1, -0.05) is 0 Å². The van der Waals surface area contributed by atoms with Crippen LogP contribution in [0.1, 0.15) is 6.42 Å². The van der Waals surface area contributed by atoms with E-state index in [1.165, 1.54) is 13.0 Å². The summed E-state index contributed by atoms with van der Waals surface area (Å²) in [5.74, 6) is 0.850. The number of aromatic nitrogens is 2. The minimum atomic E-state index is 0.850. The van der Waals surface area contributed by atoms with Crippen LogP contribution in [-0.4, -0.2) is 36.1 Å². The zero-order chi connectivity index (χ0) is 9.80. The van der Waals surface area contributed by atoms with Crippen LogP contribution in [0.4, 0.5) is 5.95 Å². The van der Waals surface area contributed by atoms with Crippen LogP contribution in [0, 0.1) is 0 Å². The molecule has 1 aliphatic heterocycles. The van der Waals surface area contributed by atoms with E-state index in [9.17, 15) is 0 Å². The molecule has 1 aliphatic rings. The van der Waals surface area contributed by atoms with E-state index in [2.05, 4.69) is 36.1 Å². The standard InChI is InChI=1S/C9H13BrN4/c10-8-6-12-9(13-7-8)14-4-1-2-11-3-5-14/h6-7,11H,1-5H2/p+1. The molecule has 0 saturated carbocycles. The molecule has 0 aromatic carbocycles. The lowest BCUT2D eigenvalue weighted by molar-refractivity contribution is -0.650. The first-order chi connectivity index (χ1) is 6.86. The van der Waals surface area contributed by atoms with Crippen molar-refractivity contribution in [2.75, 3.05) is 31.1 Å². The van der Waals surface area contributed by atoms with Crippen LogP contribution in [0.5, 0.6) is 0 Å². The second kappa shape index (κ2) is 4.70. The van der Waals surface area contributed by atoms with Gasteiger partial charge in [-0.3, -0.25) is 0 Å². The van der Waals surface area contributed by atoms with E-state index >= 15 is 0 Å². The highest BCUT2D eigenvalue weighted by Gasteiger charge is 2.12. The highest BCUT2D eigenvalue weighted by molar-refractivity contribution is 9.10. The number of nitrogens with two attached hydrogens (primary N) is 1. The van der Waals surface area contributed by atoms with Crippen molar-refractivity contribution in [1.29, 1.82) is 0 Å². The Morgan fingerprint density at radius 1 is 1.21 bits per heavy atom. The third-order valence-corrected chi connectivity index (χ3v) is 2.74. The molecular formula is C9H14BrN4+. The van der Waals surface area contributed by atoms with E-state index in [0.29, 0.717) is 0 Å². The van der Waals surface area contributed by atoms with Crippen LogP contribution in [0.3, 0.4) is 0 Å². The predicted molar refractivity (Wildman–Crippen MR) is 58.2 cm³/mol. The number of hydrogen-bond acceptors (Lipinski definition) is 3. The fourth-order valence-electron chi connectivity index (χ4n) is 1.60. The zero-order valence-electron chi connectivity index (χ0n) is 7.99. The third-order valence-electron chi connectivity index (χ3n) is 2.33. The molecule has 1 fully saturated rings. The predicted octanol–water partition coefficient (Wildman–Crippen LogP) is 0.0126. The van der Waals surface area contributed by atoms with Crippen molar-refractivity contribution >= 4 is 21.9 Å². The summed E-state index contributed by atoms with van der Waals surface area (Å²) < 4.78 is 0.933. The molecule has 4 nitrogen and oxygen atoms in total. The average Bonchev–Trinajstić information content (AvgIpc) is 2.47. The second-order valence-electron chi connectivity index (χ2n) is 3.41. The second-order valence-corrected chi connectivity index (χ2v) is 4.32. The van der Waals surface area contributed by atoms with Crippen LogP contribution in [-0.2, 0) is 0 Å². The Morgan fingerprint density at radius 2 is 2.00 bits per heavy atom. The van der Waals surface area contributed by atoms with Gasteiger partial charge in [0.2, 0.25) is 5.95 Å². The van der Waals surface area contributed by atoms with Crippen molar-refractivity contribution in [3.8, 4) is 0 Å². The molecule has 0 atom stereocenters. The number of quaternary nitrogens is 1. The van der Waals surface area contributed by atoms with E-state index in [1.54, 1.807) is 12.4 Å². The Bertz CT molecular complexity index is 279. The van der Waals surface area contributed by atoms with Crippen molar-refractivity contribution in [3.63, 3.8) is 0 Å². The minimum absolute atomic E-state index is 0.850. The molecule has 1 saturated heterocycles. The molecule has 0 radical (unpaired) electrons. The van der Waals surface area contributed by atoms with Crippen LogP contribution in [0.15, 0.2) is 16.9 Å². The van der Waals surface area contributed by atoms with Crippen molar-refractivity contribution in [2.24, 2.45) is 0 Å². The molecule has 5 heteroatoms. The summed E-state index contributed by atoms with van der Waals surface area (Å²) in [6, 6.07) is 0. The van der Waals surface area contributed by atoms with Crippen molar-refractivity contribution in [1.82, 2.24) is 9.97 Å². The summed E-state index contributed by atoms with van der Waals surface area (Å²) in [7, 11) is 0. The quantitative estimate of drug-likeness (QED) is 0.772. The van der Waals surface area contributed by atoms with Crippen molar-refractivity contribution in [3.05, 3.63) is 16.9 Å². The van der Waals surface area contributed by atoms with E-state index in [4.69, 9.17) is 0 Å². The third kappa shape index (κ3) is 2.42. The van der Waals surface area contributed by atoms with Gasteiger partial charge < -0.3 is 10.2 Å². The molecule has 0 bridgehead atoms. The van der Waals surface area contributed by atoms with E-state index in [1.807, 2.05) is 0 Å². The summed E-state index contributed by atoms with van der Waals surface area (Å²) in [6.45, 7) is 4.46. The summed E-state index contributed by atoms with van der Waals surface area (Å²) in [4.78, 5) is 10.8. The maximum Gasteiger partial charge on any atom is 0.225 e. The van der Waals surface area contributed by atoms with Gasteiger partial charge in [-0.15, -0.1) is 0 Å². The van der Waals surface area contributed by atoms with Crippen LogP contribution in [0.2, 0.25) is 0 Å². The molecule has 0 unspecified atom stereocenters. The Hall–Kier alpha value is -0.680. The Balaban J connectivity index is 2.08. The highest BCUT2D eigenvalue weighted by atomic mass is 79.9. The zero-order valence-corrected chi connectivity index (χ0v) is 9.57. The van der Waals surface area contributed by atoms with Crippen LogP contribution >= 0.6 is 15.9 Å². The normalized spacial score (nSPS) is 17.9. The molecule has 14 heavy (non-hydrogen) atoms. The summed E-state index contributed by atoms with van der Waals surface area (Å²) >= 11 is 3.34. The van der Waals surface area contributed by atoms with Gasteiger partial charge in [-0.05, 0) is 15.9 Å². The van der Waals surface area contributed by atoms with Crippen LogP contribution < -0.4 is 10.2 Å². The lowest BCUT2D eigenvalue weighted by Crippen LogP contribution is -2.84. The molecule has 2 rings (SSSR count). The number of rotatable bonds is 1. The summed E-state index contributed by atoms with van der Waals surface area (Å²) in [6.07, 6.45) is 4.81.